The first-order valence-corrected chi connectivity index (χ1v) is 9.55. The van der Waals surface area contributed by atoms with Crippen LogP contribution >= 0.6 is 0 Å². The first-order valence-electron chi connectivity index (χ1n) is 9.55. The highest BCUT2D eigenvalue weighted by molar-refractivity contribution is 5.92. The van der Waals surface area contributed by atoms with E-state index in [1.807, 2.05) is 30.0 Å². The minimum absolute atomic E-state index is 0.0781. The van der Waals surface area contributed by atoms with Crippen LogP contribution in [-0.2, 0) is 6.42 Å². The van der Waals surface area contributed by atoms with Crippen molar-refractivity contribution in [3.8, 4) is 0 Å². The van der Waals surface area contributed by atoms with E-state index in [2.05, 4.69) is 9.88 Å². The molecule has 1 aliphatic heterocycles. The summed E-state index contributed by atoms with van der Waals surface area (Å²) >= 11 is 0. The van der Waals surface area contributed by atoms with Crippen molar-refractivity contribution in [3.05, 3.63) is 59.7 Å². The van der Waals surface area contributed by atoms with Crippen LogP contribution in [0.3, 0.4) is 0 Å². The predicted octanol–water partition coefficient (Wildman–Crippen LogP) is 3.57. The van der Waals surface area contributed by atoms with E-state index in [-0.39, 0.29) is 11.7 Å². The average Bonchev–Trinajstić information content (AvgIpc) is 3.19. The molecule has 26 heavy (non-hydrogen) atoms. The first-order chi connectivity index (χ1) is 12.7. The summed E-state index contributed by atoms with van der Waals surface area (Å²) in [6.45, 7) is 6.58. The van der Waals surface area contributed by atoms with E-state index < -0.39 is 0 Å². The van der Waals surface area contributed by atoms with Gasteiger partial charge in [-0.2, -0.15) is 0 Å². The second-order valence-electron chi connectivity index (χ2n) is 7.12. The second kappa shape index (κ2) is 8.99. The van der Waals surface area contributed by atoms with E-state index in [0.29, 0.717) is 11.6 Å². The van der Waals surface area contributed by atoms with E-state index >= 15 is 0 Å². The zero-order valence-electron chi connectivity index (χ0n) is 15.5. The fourth-order valence-corrected chi connectivity index (χ4v) is 3.78. The van der Waals surface area contributed by atoms with Crippen molar-refractivity contribution in [2.75, 3.05) is 32.7 Å². The summed E-state index contributed by atoms with van der Waals surface area (Å²) in [6, 6.07) is 10.6. The van der Waals surface area contributed by atoms with Crippen molar-refractivity contribution in [2.24, 2.45) is 5.92 Å². The Kier molecular flexibility index (Phi) is 6.45. The zero-order valence-corrected chi connectivity index (χ0v) is 15.5. The van der Waals surface area contributed by atoms with Gasteiger partial charge in [-0.3, -0.25) is 4.79 Å². The molecule has 0 spiro atoms. The lowest BCUT2D eigenvalue weighted by atomic mass is 9.96. The van der Waals surface area contributed by atoms with Gasteiger partial charge in [0, 0.05) is 32.4 Å². The van der Waals surface area contributed by atoms with Gasteiger partial charge in [-0.1, -0.05) is 12.1 Å². The molecular formula is C21H28FN3O. The number of rotatable bonds is 7. The van der Waals surface area contributed by atoms with Crippen molar-refractivity contribution >= 4 is 5.91 Å². The molecule has 2 heterocycles. The molecule has 1 aliphatic rings. The number of nitrogens with zero attached hydrogens (tertiary/aromatic N) is 2. The Morgan fingerprint density at radius 3 is 2.96 bits per heavy atom. The maximum Gasteiger partial charge on any atom is 0.270 e. The van der Waals surface area contributed by atoms with Crippen molar-refractivity contribution < 1.29 is 9.18 Å². The molecule has 2 aromatic rings. The smallest absolute Gasteiger partial charge is 0.270 e. The third-order valence-corrected chi connectivity index (χ3v) is 5.18. The second-order valence-corrected chi connectivity index (χ2v) is 7.12. The topological polar surface area (TPSA) is 39.3 Å². The van der Waals surface area contributed by atoms with Crippen molar-refractivity contribution in [1.82, 2.24) is 14.8 Å². The van der Waals surface area contributed by atoms with E-state index in [1.54, 1.807) is 18.3 Å². The van der Waals surface area contributed by atoms with Crippen LogP contribution in [-0.4, -0.2) is 53.4 Å². The van der Waals surface area contributed by atoms with Gasteiger partial charge in [0.1, 0.15) is 11.5 Å². The highest BCUT2D eigenvalue weighted by Crippen LogP contribution is 2.19. The summed E-state index contributed by atoms with van der Waals surface area (Å²) in [5.74, 6) is 0.407. The van der Waals surface area contributed by atoms with Crippen LogP contribution in [0.1, 0.15) is 35.8 Å². The van der Waals surface area contributed by atoms with Gasteiger partial charge in [-0.15, -0.1) is 0 Å². The number of hydrogen-bond donors (Lipinski definition) is 1. The number of piperidine rings is 1. The monoisotopic (exact) mass is 357 g/mol. The fourth-order valence-electron chi connectivity index (χ4n) is 3.78. The van der Waals surface area contributed by atoms with Gasteiger partial charge in [-0.25, -0.2) is 4.39 Å². The van der Waals surface area contributed by atoms with E-state index in [0.717, 1.165) is 57.5 Å². The largest absolute Gasteiger partial charge is 0.357 e. The number of aromatic amines is 1. The molecule has 1 atom stereocenters. The Labute approximate surface area is 155 Å². The Morgan fingerprint density at radius 2 is 2.23 bits per heavy atom. The molecule has 140 valence electrons. The molecule has 1 aromatic carbocycles. The Bertz CT molecular complexity index is 701. The summed E-state index contributed by atoms with van der Waals surface area (Å²) in [5.41, 5.74) is 1.70. The number of nitrogens with one attached hydrogen (secondary N) is 1. The van der Waals surface area contributed by atoms with Gasteiger partial charge in [0.2, 0.25) is 0 Å². The minimum Gasteiger partial charge on any atom is -0.357 e. The zero-order chi connectivity index (χ0) is 18.4. The third-order valence-electron chi connectivity index (χ3n) is 5.18. The molecule has 0 radical (unpaired) electrons. The molecular weight excluding hydrogens is 329 g/mol. The Hall–Kier alpha value is -2.14. The number of carbonyl (C=O) groups is 1. The van der Waals surface area contributed by atoms with Gasteiger partial charge in [0.05, 0.1) is 0 Å². The number of hydrogen-bond acceptors (Lipinski definition) is 2. The van der Waals surface area contributed by atoms with Crippen molar-refractivity contribution in [2.45, 2.75) is 26.2 Å². The van der Waals surface area contributed by atoms with Crippen molar-refractivity contribution in [3.63, 3.8) is 0 Å². The Balaban J connectivity index is 1.51. The van der Waals surface area contributed by atoms with Crippen LogP contribution in [0.4, 0.5) is 4.39 Å². The lowest BCUT2D eigenvalue weighted by Gasteiger charge is -2.35. The standard InChI is InChI=1S/C21H28FN3O/c1-2-25(21(26)20-9-4-11-23-20)16-18-7-5-12-24(15-18)13-10-17-6-3-8-19(22)14-17/h3-4,6,8-9,11,14,18,23H,2,5,7,10,12-13,15-16H2,1H3/t18-/m1/s1. The summed E-state index contributed by atoms with van der Waals surface area (Å²) in [6.07, 6.45) is 4.96. The molecule has 0 unspecified atom stereocenters. The summed E-state index contributed by atoms with van der Waals surface area (Å²) in [5, 5.41) is 0. The number of carbonyl (C=O) groups excluding carboxylic acids is 1. The van der Waals surface area contributed by atoms with Gasteiger partial charge in [0.15, 0.2) is 0 Å². The van der Waals surface area contributed by atoms with Crippen molar-refractivity contribution in [1.29, 1.82) is 0 Å². The lowest BCUT2D eigenvalue weighted by molar-refractivity contribution is 0.0685. The van der Waals surface area contributed by atoms with Crippen LogP contribution in [0.25, 0.3) is 0 Å². The molecule has 0 aliphatic carbocycles. The molecule has 0 saturated carbocycles. The lowest BCUT2D eigenvalue weighted by Crippen LogP contribution is -2.43. The third kappa shape index (κ3) is 4.94. The quantitative estimate of drug-likeness (QED) is 0.823. The summed E-state index contributed by atoms with van der Waals surface area (Å²) in [7, 11) is 0. The number of amides is 1. The number of H-pyrrole nitrogens is 1. The molecule has 5 heteroatoms. The van der Waals surface area contributed by atoms with E-state index in [4.69, 9.17) is 0 Å². The SMILES string of the molecule is CCN(C[C@@H]1CCCN(CCc2cccc(F)c2)C1)C(=O)c1ccc[nH]1. The maximum absolute atomic E-state index is 13.3. The normalized spacial score (nSPS) is 18.0. The summed E-state index contributed by atoms with van der Waals surface area (Å²) in [4.78, 5) is 20.0. The molecule has 1 fully saturated rings. The minimum atomic E-state index is -0.166. The molecule has 4 nitrogen and oxygen atoms in total. The number of halogens is 1. The highest BCUT2D eigenvalue weighted by atomic mass is 19.1. The van der Waals surface area contributed by atoms with E-state index in [9.17, 15) is 9.18 Å². The molecule has 0 bridgehead atoms. The maximum atomic E-state index is 13.3. The highest BCUT2D eigenvalue weighted by Gasteiger charge is 2.24. The Morgan fingerprint density at radius 1 is 1.35 bits per heavy atom. The first kappa shape index (κ1) is 18.6. The predicted molar refractivity (Wildman–Crippen MR) is 102 cm³/mol. The van der Waals surface area contributed by atoms with Crippen LogP contribution in [0.2, 0.25) is 0 Å². The molecule has 1 aromatic heterocycles. The summed E-state index contributed by atoms with van der Waals surface area (Å²) < 4.78 is 13.3. The van der Waals surface area contributed by atoms with Crippen LogP contribution in [0.5, 0.6) is 0 Å². The number of likely N-dealkylation sites (tertiary alicyclic amines) is 1. The van der Waals surface area contributed by atoms with Crippen LogP contribution in [0, 0.1) is 11.7 Å². The van der Waals surface area contributed by atoms with Crippen LogP contribution in [0.15, 0.2) is 42.6 Å². The fraction of sp³-hybridized carbons (Fsp3) is 0.476. The molecule has 3 rings (SSSR count). The molecule has 1 N–H and O–H groups in total. The van der Waals surface area contributed by atoms with E-state index in [1.165, 1.54) is 6.07 Å². The van der Waals surface area contributed by atoms with Gasteiger partial charge < -0.3 is 14.8 Å². The molecule has 1 amide bonds. The number of aromatic nitrogens is 1. The number of benzene rings is 1. The molecule has 1 saturated heterocycles. The van der Waals surface area contributed by atoms with Gasteiger partial charge in [-0.05, 0) is 68.5 Å². The average molecular weight is 357 g/mol. The van der Waals surface area contributed by atoms with Crippen LogP contribution < -0.4 is 0 Å². The van der Waals surface area contributed by atoms with Gasteiger partial charge in [0.25, 0.3) is 5.91 Å². The van der Waals surface area contributed by atoms with Gasteiger partial charge >= 0.3 is 0 Å².